The predicted molar refractivity (Wildman–Crippen MR) is 139 cm³/mol. The molecule has 2 fully saturated rings. The van der Waals surface area contributed by atoms with Gasteiger partial charge in [-0.3, -0.25) is 4.90 Å². The molecule has 0 bridgehead atoms. The summed E-state index contributed by atoms with van der Waals surface area (Å²) in [6.45, 7) is 5.07. The number of nitrogens with two attached hydrogens (primary N) is 1. The van der Waals surface area contributed by atoms with Crippen molar-refractivity contribution in [1.29, 1.82) is 0 Å². The van der Waals surface area contributed by atoms with Crippen LogP contribution in [0.15, 0.2) is 67.1 Å². The lowest BCUT2D eigenvalue weighted by Gasteiger charge is -2.38. The largest absolute Gasteiger partial charge is 0.488 e. The van der Waals surface area contributed by atoms with Crippen LogP contribution in [0.1, 0.15) is 30.9 Å². The van der Waals surface area contributed by atoms with Gasteiger partial charge in [-0.15, -0.1) is 0 Å². The number of nitrogens with one attached hydrogen (secondary N) is 1. The topological polar surface area (TPSA) is 81.2 Å². The van der Waals surface area contributed by atoms with Crippen LogP contribution >= 0.6 is 0 Å². The van der Waals surface area contributed by atoms with Gasteiger partial charge in [0.05, 0.1) is 5.39 Å². The standard InChI is InChI=1S/C28H32N6O/c29-27-26-24(23-9-4-5-10-25(23)35-17-20-7-2-1-3-8-20)16-34(28(26)32-18-31-27)22-13-21(14-22)15-30-19-33-11-6-12-33/h1-5,7-10,16,18,21-22,30H,6,11-15,17,19H2,(H2,29,31,32). The number of fused-ring (bicyclic) bond motifs is 1. The van der Waals surface area contributed by atoms with Gasteiger partial charge in [0.25, 0.3) is 0 Å². The van der Waals surface area contributed by atoms with Crippen LogP contribution in [-0.2, 0) is 6.61 Å². The summed E-state index contributed by atoms with van der Waals surface area (Å²) in [7, 11) is 0. The molecule has 3 N–H and O–H groups in total. The molecule has 2 aliphatic rings. The van der Waals surface area contributed by atoms with Crippen LogP contribution in [0.2, 0.25) is 0 Å². The highest BCUT2D eigenvalue weighted by Crippen LogP contribution is 2.44. The van der Waals surface area contributed by atoms with E-state index in [0.29, 0.717) is 24.4 Å². The Balaban J connectivity index is 1.24. The van der Waals surface area contributed by atoms with Crippen LogP contribution in [0, 0.1) is 5.92 Å². The molecular weight excluding hydrogens is 436 g/mol. The lowest BCUT2D eigenvalue weighted by molar-refractivity contribution is 0.144. The van der Waals surface area contributed by atoms with Crippen LogP contribution in [-0.4, -0.2) is 45.7 Å². The molecule has 0 spiro atoms. The highest BCUT2D eigenvalue weighted by atomic mass is 16.5. The Kier molecular flexibility index (Phi) is 6.10. The Morgan fingerprint density at radius 2 is 1.77 bits per heavy atom. The van der Waals surface area contributed by atoms with E-state index >= 15 is 0 Å². The minimum absolute atomic E-state index is 0.425. The maximum atomic E-state index is 6.40. The average molecular weight is 469 g/mol. The Labute approximate surface area is 205 Å². The maximum absolute atomic E-state index is 6.40. The average Bonchev–Trinajstić information content (AvgIpc) is 3.21. The summed E-state index contributed by atoms with van der Waals surface area (Å²) in [5, 5.41) is 4.53. The smallest absolute Gasteiger partial charge is 0.146 e. The number of anilines is 1. The maximum Gasteiger partial charge on any atom is 0.146 e. The molecule has 2 aromatic heterocycles. The number of hydrogen-bond acceptors (Lipinski definition) is 6. The molecule has 4 aromatic rings. The lowest BCUT2D eigenvalue weighted by Crippen LogP contribution is -2.45. The predicted octanol–water partition coefficient (Wildman–Crippen LogP) is 4.46. The second kappa shape index (κ2) is 9.68. The Bertz CT molecular complexity index is 1290. The number of nitrogen functional groups attached to an aromatic ring is 1. The SMILES string of the molecule is Nc1ncnc2c1c(-c1ccccc1OCc1ccccc1)cn2C1CC(CNCN2CCC2)C1. The lowest BCUT2D eigenvalue weighted by atomic mass is 9.80. The number of benzene rings is 2. The van der Waals surface area contributed by atoms with Gasteiger partial charge < -0.3 is 20.4 Å². The fourth-order valence-electron chi connectivity index (χ4n) is 5.20. The van der Waals surface area contributed by atoms with Gasteiger partial charge in [-0.1, -0.05) is 48.5 Å². The minimum atomic E-state index is 0.425. The molecule has 0 unspecified atom stereocenters. The van der Waals surface area contributed by atoms with E-state index in [1.165, 1.54) is 19.5 Å². The summed E-state index contributed by atoms with van der Waals surface area (Å²) in [5.41, 5.74) is 10.5. The molecular formula is C28H32N6O. The number of nitrogens with zero attached hydrogens (tertiary/aromatic N) is 4. The van der Waals surface area contributed by atoms with Crippen LogP contribution in [0.25, 0.3) is 22.2 Å². The molecule has 0 radical (unpaired) electrons. The molecule has 180 valence electrons. The summed E-state index contributed by atoms with van der Waals surface area (Å²) in [5.74, 6) is 2.04. The number of aromatic nitrogens is 3. The van der Waals surface area contributed by atoms with Gasteiger partial charge in [0.15, 0.2) is 0 Å². The summed E-state index contributed by atoms with van der Waals surface area (Å²) in [6, 6.07) is 18.8. The van der Waals surface area contributed by atoms with Crippen molar-refractivity contribution in [3.8, 4) is 16.9 Å². The molecule has 1 aliphatic carbocycles. The van der Waals surface area contributed by atoms with Crippen molar-refractivity contribution in [3.63, 3.8) is 0 Å². The number of para-hydroxylation sites is 1. The van der Waals surface area contributed by atoms with Crippen molar-refractivity contribution < 1.29 is 4.74 Å². The van der Waals surface area contributed by atoms with E-state index in [1.807, 2.05) is 36.4 Å². The first-order valence-corrected chi connectivity index (χ1v) is 12.6. The van der Waals surface area contributed by atoms with Gasteiger partial charge >= 0.3 is 0 Å². The monoisotopic (exact) mass is 468 g/mol. The second-order valence-corrected chi connectivity index (χ2v) is 9.75. The first-order chi connectivity index (χ1) is 17.3. The van der Waals surface area contributed by atoms with Crippen molar-refractivity contribution in [2.24, 2.45) is 5.92 Å². The van der Waals surface area contributed by atoms with E-state index in [1.54, 1.807) is 6.33 Å². The third-order valence-corrected chi connectivity index (χ3v) is 7.37. The van der Waals surface area contributed by atoms with Crippen LogP contribution in [0.3, 0.4) is 0 Å². The Hall–Kier alpha value is -3.42. The molecule has 2 aromatic carbocycles. The fraction of sp³-hybridized carbons (Fsp3) is 0.357. The molecule has 7 nitrogen and oxygen atoms in total. The van der Waals surface area contributed by atoms with Crippen molar-refractivity contribution in [2.75, 3.05) is 32.0 Å². The first-order valence-electron chi connectivity index (χ1n) is 12.6. The fourth-order valence-corrected chi connectivity index (χ4v) is 5.20. The summed E-state index contributed by atoms with van der Waals surface area (Å²) in [6.07, 6.45) is 7.40. The second-order valence-electron chi connectivity index (χ2n) is 9.75. The number of ether oxygens (including phenoxy) is 1. The van der Waals surface area contributed by atoms with Gasteiger partial charge in [-0.05, 0) is 43.4 Å². The van der Waals surface area contributed by atoms with Gasteiger partial charge in [0.1, 0.15) is 30.1 Å². The van der Waals surface area contributed by atoms with Crippen LogP contribution < -0.4 is 15.8 Å². The van der Waals surface area contributed by atoms with E-state index in [2.05, 4.69) is 49.1 Å². The van der Waals surface area contributed by atoms with E-state index < -0.39 is 0 Å². The molecule has 7 heteroatoms. The summed E-state index contributed by atoms with van der Waals surface area (Å²) in [4.78, 5) is 11.4. The molecule has 0 amide bonds. The van der Waals surface area contributed by atoms with Crippen LogP contribution in [0.5, 0.6) is 5.75 Å². The highest BCUT2D eigenvalue weighted by Gasteiger charge is 2.32. The summed E-state index contributed by atoms with van der Waals surface area (Å²) >= 11 is 0. The van der Waals surface area contributed by atoms with Crippen molar-refractivity contribution in [1.82, 2.24) is 24.8 Å². The highest BCUT2D eigenvalue weighted by molar-refractivity contribution is 6.01. The minimum Gasteiger partial charge on any atom is -0.488 e. The summed E-state index contributed by atoms with van der Waals surface area (Å²) < 4.78 is 8.58. The number of hydrogen-bond donors (Lipinski definition) is 2. The Morgan fingerprint density at radius 1 is 0.971 bits per heavy atom. The van der Waals surface area contributed by atoms with Gasteiger partial charge in [0.2, 0.25) is 0 Å². The van der Waals surface area contributed by atoms with Crippen molar-refractivity contribution in [3.05, 3.63) is 72.7 Å². The zero-order chi connectivity index (χ0) is 23.6. The molecule has 1 aliphatic heterocycles. The third kappa shape index (κ3) is 4.49. The quantitative estimate of drug-likeness (QED) is 0.377. The zero-order valence-electron chi connectivity index (χ0n) is 19.9. The Morgan fingerprint density at radius 3 is 2.57 bits per heavy atom. The molecule has 1 saturated carbocycles. The van der Waals surface area contributed by atoms with Crippen molar-refractivity contribution >= 4 is 16.9 Å². The van der Waals surface area contributed by atoms with E-state index in [0.717, 1.165) is 59.5 Å². The molecule has 35 heavy (non-hydrogen) atoms. The molecule has 0 atom stereocenters. The number of likely N-dealkylation sites (tertiary alicyclic amines) is 1. The normalized spacial score (nSPS) is 19.9. The van der Waals surface area contributed by atoms with E-state index in [-0.39, 0.29) is 0 Å². The third-order valence-electron chi connectivity index (χ3n) is 7.37. The first kappa shape index (κ1) is 22.1. The number of rotatable bonds is 9. The van der Waals surface area contributed by atoms with Gasteiger partial charge in [0, 0.05) is 43.1 Å². The van der Waals surface area contributed by atoms with Crippen molar-refractivity contribution in [2.45, 2.75) is 31.9 Å². The van der Waals surface area contributed by atoms with Gasteiger partial charge in [-0.25, -0.2) is 9.97 Å². The molecule has 1 saturated heterocycles. The van der Waals surface area contributed by atoms with Gasteiger partial charge in [-0.2, -0.15) is 0 Å². The van der Waals surface area contributed by atoms with Crippen LogP contribution in [0.4, 0.5) is 5.82 Å². The zero-order valence-corrected chi connectivity index (χ0v) is 19.9. The molecule has 3 heterocycles. The molecule has 6 rings (SSSR count). The van der Waals surface area contributed by atoms with E-state index in [9.17, 15) is 0 Å². The van der Waals surface area contributed by atoms with E-state index in [4.69, 9.17) is 10.5 Å².